The first kappa shape index (κ1) is 20.2. The van der Waals surface area contributed by atoms with Gasteiger partial charge in [-0.3, -0.25) is 4.99 Å². The standard InChI is InChI=1S/C16H29N5O.HI/c1-17-15(21(4)12-14-8-11-22-19-14)18-13-16(20(2)3)9-6-5-7-10-16;/h8,11H,5-7,9-10,12-13H2,1-4H3,(H,17,18);1H. The number of guanidine groups is 1. The van der Waals surface area contributed by atoms with Crippen molar-refractivity contribution in [2.24, 2.45) is 4.99 Å². The number of nitrogens with zero attached hydrogens (tertiary/aromatic N) is 4. The normalized spacial score (nSPS) is 17.7. The number of hydrogen-bond acceptors (Lipinski definition) is 4. The molecule has 7 heteroatoms. The number of aromatic nitrogens is 1. The van der Waals surface area contributed by atoms with E-state index in [9.17, 15) is 0 Å². The maximum absolute atomic E-state index is 4.89. The summed E-state index contributed by atoms with van der Waals surface area (Å²) >= 11 is 0. The Morgan fingerprint density at radius 2 is 2.00 bits per heavy atom. The minimum atomic E-state index is 0. The van der Waals surface area contributed by atoms with E-state index in [1.54, 1.807) is 6.26 Å². The Bertz CT molecular complexity index is 469. The van der Waals surface area contributed by atoms with Crippen molar-refractivity contribution >= 4 is 29.9 Å². The molecule has 0 atom stereocenters. The third-order valence-corrected chi connectivity index (χ3v) is 4.77. The molecule has 1 saturated carbocycles. The average molecular weight is 435 g/mol. The van der Waals surface area contributed by atoms with Crippen LogP contribution in [0.5, 0.6) is 0 Å². The van der Waals surface area contributed by atoms with Crippen LogP contribution in [0.1, 0.15) is 37.8 Å². The summed E-state index contributed by atoms with van der Waals surface area (Å²) in [4.78, 5) is 8.85. The summed E-state index contributed by atoms with van der Waals surface area (Å²) in [6, 6.07) is 1.88. The molecule has 6 nitrogen and oxygen atoms in total. The highest BCUT2D eigenvalue weighted by molar-refractivity contribution is 14.0. The fourth-order valence-electron chi connectivity index (χ4n) is 3.26. The Labute approximate surface area is 156 Å². The number of nitrogens with one attached hydrogen (secondary N) is 1. The fourth-order valence-corrected chi connectivity index (χ4v) is 3.26. The number of aliphatic imine (C=N–C) groups is 1. The lowest BCUT2D eigenvalue weighted by Gasteiger charge is -2.43. The van der Waals surface area contributed by atoms with Crippen molar-refractivity contribution in [2.45, 2.75) is 44.2 Å². The molecule has 1 heterocycles. The van der Waals surface area contributed by atoms with Gasteiger partial charge in [-0.25, -0.2) is 0 Å². The van der Waals surface area contributed by atoms with Gasteiger partial charge in [-0.1, -0.05) is 24.4 Å². The predicted octanol–water partition coefficient (Wildman–Crippen LogP) is 2.56. The van der Waals surface area contributed by atoms with E-state index in [1.807, 2.05) is 20.2 Å². The van der Waals surface area contributed by atoms with Crippen molar-refractivity contribution < 1.29 is 4.52 Å². The predicted molar refractivity (Wildman–Crippen MR) is 104 cm³/mol. The van der Waals surface area contributed by atoms with Crippen LogP contribution in [0.25, 0.3) is 0 Å². The van der Waals surface area contributed by atoms with Crippen LogP contribution < -0.4 is 5.32 Å². The number of halogens is 1. The SMILES string of the molecule is CN=C(NCC1(N(C)C)CCCCC1)N(C)Cc1ccon1.I. The minimum absolute atomic E-state index is 0. The van der Waals surface area contributed by atoms with Gasteiger partial charge >= 0.3 is 0 Å². The quantitative estimate of drug-likeness (QED) is 0.438. The first-order chi connectivity index (χ1) is 10.6. The van der Waals surface area contributed by atoms with Gasteiger partial charge in [0.2, 0.25) is 0 Å². The van der Waals surface area contributed by atoms with E-state index < -0.39 is 0 Å². The van der Waals surface area contributed by atoms with Gasteiger partial charge in [-0.15, -0.1) is 24.0 Å². The third kappa shape index (κ3) is 5.34. The van der Waals surface area contributed by atoms with E-state index in [1.165, 1.54) is 32.1 Å². The summed E-state index contributed by atoms with van der Waals surface area (Å²) in [5.41, 5.74) is 1.15. The Balaban J connectivity index is 0.00000264. The van der Waals surface area contributed by atoms with Crippen LogP contribution in [0.2, 0.25) is 0 Å². The van der Waals surface area contributed by atoms with E-state index in [-0.39, 0.29) is 29.5 Å². The van der Waals surface area contributed by atoms with Gasteiger partial charge in [0.1, 0.15) is 12.0 Å². The van der Waals surface area contributed by atoms with E-state index in [0.29, 0.717) is 6.54 Å². The molecule has 1 N–H and O–H groups in total. The molecule has 1 fully saturated rings. The lowest BCUT2D eigenvalue weighted by molar-refractivity contribution is 0.103. The highest BCUT2D eigenvalue weighted by Gasteiger charge is 2.34. The molecular formula is C16H30IN5O. The van der Waals surface area contributed by atoms with Gasteiger partial charge in [0.25, 0.3) is 0 Å². The minimum Gasteiger partial charge on any atom is -0.364 e. The molecule has 0 aromatic carbocycles. The molecule has 132 valence electrons. The zero-order valence-electron chi connectivity index (χ0n) is 14.7. The van der Waals surface area contributed by atoms with Crippen LogP contribution in [0.4, 0.5) is 0 Å². The maximum Gasteiger partial charge on any atom is 0.193 e. The average Bonchev–Trinajstić information content (AvgIpc) is 3.01. The Kier molecular flexibility index (Phi) is 8.32. The molecule has 0 aliphatic heterocycles. The fraction of sp³-hybridized carbons (Fsp3) is 0.750. The molecule has 0 bridgehead atoms. The van der Waals surface area contributed by atoms with E-state index >= 15 is 0 Å². The molecule has 2 rings (SSSR count). The number of likely N-dealkylation sites (N-methyl/N-ethyl adjacent to an activating group) is 1. The van der Waals surface area contributed by atoms with Crippen LogP contribution in [0.3, 0.4) is 0 Å². The third-order valence-electron chi connectivity index (χ3n) is 4.77. The Hall–Kier alpha value is -0.830. The summed E-state index contributed by atoms with van der Waals surface area (Å²) in [5, 5.41) is 7.51. The molecule has 1 aromatic heterocycles. The van der Waals surface area contributed by atoms with Gasteiger partial charge in [-0.05, 0) is 26.9 Å². The second-order valence-corrected chi connectivity index (χ2v) is 6.43. The lowest BCUT2D eigenvalue weighted by atomic mass is 9.80. The Morgan fingerprint density at radius 3 is 2.52 bits per heavy atom. The van der Waals surface area contributed by atoms with Crippen molar-refractivity contribution in [2.75, 3.05) is 34.7 Å². The van der Waals surface area contributed by atoms with Gasteiger partial charge in [0.05, 0.1) is 6.54 Å². The van der Waals surface area contributed by atoms with Gasteiger partial charge in [0, 0.05) is 32.2 Å². The van der Waals surface area contributed by atoms with E-state index in [2.05, 4.69) is 39.4 Å². The second kappa shape index (κ2) is 9.46. The molecule has 0 spiro atoms. The summed E-state index contributed by atoms with van der Waals surface area (Å²) < 4.78 is 4.89. The van der Waals surface area contributed by atoms with Crippen LogP contribution >= 0.6 is 24.0 Å². The van der Waals surface area contributed by atoms with E-state index in [0.717, 1.165) is 18.2 Å². The highest BCUT2D eigenvalue weighted by Crippen LogP contribution is 2.31. The summed E-state index contributed by atoms with van der Waals surface area (Å²) in [7, 11) is 8.22. The van der Waals surface area contributed by atoms with Crippen LogP contribution in [-0.2, 0) is 6.54 Å². The Morgan fingerprint density at radius 1 is 1.30 bits per heavy atom. The molecule has 1 aliphatic rings. The first-order valence-corrected chi connectivity index (χ1v) is 8.06. The molecule has 0 amide bonds. The van der Waals surface area contributed by atoms with Crippen molar-refractivity contribution in [3.63, 3.8) is 0 Å². The van der Waals surface area contributed by atoms with Crippen LogP contribution in [-0.4, -0.2) is 61.2 Å². The van der Waals surface area contributed by atoms with Crippen molar-refractivity contribution in [3.05, 3.63) is 18.0 Å². The van der Waals surface area contributed by atoms with Crippen LogP contribution in [0, 0.1) is 0 Å². The molecule has 0 unspecified atom stereocenters. The lowest BCUT2D eigenvalue weighted by Crippen LogP contribution is -2.55. The highest BCUT2D eigenvalue weighted by atomic mass is 127. The molecule has 1 aromatic rings. The summed E-state index contributed by atoms with van der Waals surface area (Å²) in [5.74, 6) is 0.898. The molecule has 1 aliphatic carbocycles. The van der Waals surface area contributed by atoms with Crippen molar-refractivity contribution in [3.8, 4) is 0 Å². The molecule has 23 heavy (non-hydrogen) atoms. The zero-order valence-corrected chi connectivity index (χ0v) is 17.0. The summed E-state index contributed by atoms with van der Waals surface area (Å²) in [6.45, 7) is 1.61. The van der Waals surface area contributed by atoms with Crippen molar-refractivity contribution in [1.29, 1.82) is 0 Å². The summed E-state index contributed by atoms with van der Waals surface area (Å²) in [6.07, 6.45) is 8.08. The van der Waals surface area contributed by atoms with Crippen LogP contribution in [0.15, 0.2) is 21.8 Å². The molecule has 0 radical (unpaired) electrons. The molecule has 0 saturated heterocycles. The monoisotopic (exact) mass is 435 g/mol. The van der Waals surface area contributed by atoms with Gasteiger partial charge in [0.15, 0.2) is 5.96 Å². The first-order valence-electron chi connectivity index (χ1n) is 8.06. The van der Waals surface area contributed by atoms with E-state index in [4.69, 9.17) is 4.52 Å². The maximum atomic E-state index is 4.89. The smallest absolute Gasteiger partial charge is 0.193 e. The van der Waals surface area contributed by atoms with Gasteiger partial charge in [-0.2, -0.15) is 0 Å². The molecular weight excluding hydrogens is 405 g/mol. The number of rotatable bonds is 5. The zero-order chi connectivity index (χ0) is 16.0. The largest absolute Gasteiger partial charge is 0.364 e. The second-order valence-electron chi connectivity index (χ2n) is 6.43. The topological polar surface area (TPSA) is 56.9 Å². The van der Waals surface area contributed by atoms with Crippen molar-refractivity contribution in [1.82, 2.24) is 20.3 Å². The number of hydrogen-bond donors (Lipinski definition) is 1. The van der Waals surface area contributed by atoms with Gasteiger partial charge < -0.3 is 19.6 Å².